The Kier molecular flexibility index (Phi) is 5.95. The molecule has 0 saturated heterocycles. The summed E-state index contributed by atoms with van der Waals surface area (Å²) in [7, 11) is 5.37. The van der Waals surface area contributed by atoms with Crippen LogP contribution in [0.1, 0.15) is 12.5 Å². The summed E-state index contributed by atoms with van der Waals surface area (Å²) in [6.07, 6.45) is 1.06. The van der Waals surface area contributed by atoms with Crippen LogP contribution in [0.2, 0.25) is 0 Å². The molecule has 0 fully saturated rings. The molecule has 0 saturated carbocycles. The third-order valence-corrected chi connectivity index (χ3v) is 3.78. The Morgan fingerprint density at radius 3 is 2.59 bits per heavy atom. The van der Waals surface area contributed by atoms with E-state index in [1.165, 1.54) is 5.56 Å². The van der Waals surface area contributed by atoms with Crippen LogP contribution in [0.15, 0.2) is 22.7 Å². The molecule has 0 aliphatic rings. The summed E-state index contributed by atoms with van der Waals surface area (Å²) in [5.41, 5.74) is 1.22. The lowest BCUT2D eigenvalue weighted by molar-refractivity contribution is 0.0856. The zero-order valence-corrected chi connectivity index (χ0v) is 12.4. The van der Waals surface area contributed by atoms with E-state index >= 15 is 0 Å². The molecule has 4 heteroatoms. The number of likely N-dealkylation sites (N-methyl/N-ethyl adjacent to an activating group) is 1. The van der Waals surface area contributed by atoms with Gasteiger partial charge in [-0.1, -0.05) is 15.9 Å². The lowest BCUT2D eigenvalue weighted by Gasteiger charge is -2.23. The Bertz CT molecular complexity index is 357. The minimum atomic E-state index is 0.165. The largest absolute Gasteiger partial charge is 0.497 e. The number of hydrogen-bond donors (Lipinski definition) is 1. The van der Waals surface area contributed by atoms with Crippen LogP contribution < -0.4 is 10.1 Å². The van der Waals surface area contributed by atoms with E-state index in [9.17, 15) is 0 Å². The molecule has 0 radical (unpaired) electrons. The molecular weight excluding hydrogens is 282 g/mol. The van der Waals surface area contributed by atoms with Crippen LogP contribution >= 0.6 is 15.9 Å². The maximum atomic E-state index is 5.36. The molecule has 1 N–H and O–H groups in total. The van der Waals surface area contributed by atoms with Crippen molar-refractivity contribution in [2.75, 3.05) is 21.3 Å². The van der Waals surface area contributed by atoms with Gasteiger partial charge in [-0.2, -0.15) is 0 Å². The first-order valence-corrected chi connectivity index (χ1v) is 6.44. The van der Waals surface area contributed by atoms with Crippen LogP contribution in [0.3, 0.4) is 0 Å². The molecule has 2 atom stereocenters. The molecule has 17 heavy (non-hydrogen) atoms. The summed E-state index contributed by atoms with van der Waals surface area (Å²) in [5, 5.41) is 3.28. The molecule has 2 unspecified atom stereocenters. The Hall–Kier alpha value is -0.580. The van der Waals surface area contributed by atoms with Gasteiger partial charge < -0.3 is 14.8 Å². The third-order valence-electron chi connectivity index (χ3n) is 3.00. The van der Waals surface area contributed by atoms with E-state index in [-0.39, 0.29) is 12.1 Å². The van der Waals surface area contributed by atoms with Gasteiger partial charge in [-0.15, -0.1) is 0 Å². The predicted octanol–water partition coefficient (Wildman–Crippen LogP) is 2.62. The highest BCUT2D eigenvalue weighted by atomic mass is 79.9. The van der Waals surface area contributed by atoms with Gasteiger partial charge in [0.2, 0.25) is 0 Å². The summed E-state index contributed by atoms with van der Waals surface area (Å²) < 4.78 is 11.7. The van der Waals surface area contributed by atoms with Crippen molar-refractivity contribution in [3.8, 4) is 5.75 Å². The monoisotopic (exact) mass is 301 g/mol. The maximum Gasteiger partial charge on any atom is 0.119 e. The smallest absolute Gasteiger partial charge is 0.119 e. The Labute approximate surface area is 112 Å². The van der Waals surface area contributed by atoms with E-state index in [0.29, 0.717) is 0 Å². The van der Waals surface area contributed by atoms with Gasteiger partial charge >= 0.3 is 0 Å². The second-order valence-corrected chi connectivity index (χ2v) is 4.85. The van der Waals surface area contributed by atoms with Crippen LogP contribution in [0.25, 0.3) is 0 Å². The Balaban J connectivity index is 2.84. The Morgan fingerprint density at radius 1 is 1.35 bits per heavy atom. The fourth-order valence-corrected chi connectivity index (χ4v) is 2.15. The molecule has 3 nitrogen and oxygen atoms in total. The summed E-state index contributed by atoms with van der Waals surface area (Å²) in [4.78, 5) is 0. The SMILES string of the molecule is CNC(Cc1cc(OC)ccc1Br)C(C)OC. The van der Waals surface area contributed by atoms with Crippen LogP contribution in [0.4, 0.5) is 0 Å². The molecular formula is C13H20BrNO2. The number of halogens is 1. The van der Waals surface area contributed by atoms with Crippen molar-refractivity contribution in [2.24, 2.45) is 0 Å². The number of methoxy groups -OCH3 is 2. The normalized spacial score (nSPS) is 14.4. The summed E-state index contributed by atoms with van der Waals surface area (Å²) in [5.74, 6) is 0.878. The summed E-state index contributed by atoms with van der Waals surface area (Å²) >= 11 is 3.56. The molecule has 96 valence electrons. The van der Waals surface area contributed by atoms with Gasteiger partial charge in [0.15, 0.2) is 0 Å². The first-order chi connectivity index (χ1) is 8.12. The molecule has 0 heterocycles. The second-order valence-electron chi connectivity index (χ2n) is 4.00. The van der Waals surface area contributed by atoms with Gasteiger partial charge in [-0.25, -0.2) is 0 Å². The van der Waals surface area contributed by atoms with Crippen LogP contribution in [0.5, 0.6) is 5.75 Å². The van der Waals surface area contributed by atoms with Crippen LogP contribution in [-0.4, -0.2) is 33.4 Å². The zero-order valence-electron chi connectivity index (χ0n) is 10.8. The van der Waals surface area contributed by atoms with E-state index in [4.69, 9.17) is 9.47 Å². The minimum absolute atomic E-state index is 0.165. The van der Waals surface area contributed by atoms with Crippen molar-refractivity contribution in [3.63, 3.8) is 0 Å². The van der Waals surface area contributed by atoms with E-state index in [0.717, 1.165) is 16.6 Å². The maximum absolute atomic E-state index is 5.36. The van der Waals surface area contributed by atoms with Crippen LogP contribution in [0, 0.1) is 0 Å². The molecule has 0 spiro atoms. The minimum Gasteiger partial charge on any atom is -0.497 e. The predicted molar refractivity (Wildman–Crippen MR) is 73.7 cm³/mol. The number of hydrogen-bond acceptors (Lipinski definition) is 3. The second kappa shape index (κ2) is 6.99. The number of nitrogens with one attached hydrogen (secondary N) is 1. The van der Waals surface area contributed by atoms with E-state index in [1.807, 2.05) is 19.2 Å². The average molecular weight is 302 g/mol. The number of ether oxygens (including phenoxy) is 2. The fraction of sp³-hybridized carbons (Fsp3) is 0.538. The van der Waals surface area contributed by atoms with Crippen LogP contribution in [-0.2, 0) is 11.2 Å². The van der Waals surface area contributed by atoms with Gasteiger partial charge in [-0.3, -0.25) is 0 Å². The van der Waals surface area contributed by atoms with E-state index in [2.05, 4.69) is 34.2 Å². The standard InChI is InChI=1S/C13H20BrNO2/c1-9(16-3)13(15-2)8-10-7-11(17-4)5-6-12(10)14/h5-7,9,13,15H,8H2,1-4H3. The molecule has 0 aromatic heterocycles. The highest BCUT2D eigenvalue weighted by Crippen LogP contribution is 2.24. The molecule has 1 aromatic rings. The van der Waals surface area contributed by atoms with Gasteiger partial charge in [0.05, 0.1) is 13.2 Å². The van der Waals surface area contributed by atoms with Gasteiger partial charge in [-0.05, 0) is 44.2 Å². The summed E-state index contributed by atoms with van der Waals surface area (Å²) in [6, 6.07) is 6.29. The van der Waals surface area contributed by atoms with Crippen molar-refractivity contribution in [1.29, 1.82) is 0 Å². The van der Waals surface area contributed by atoms with Crippen molar-refractivity contribution in [2.45, 2.75) is 25.5 Å². The molecule has 1 aromatic carbocycles. The third kappa shape index (κ3) is 3.98. The first kappa shape index (κ1) is 14.5. The molecule has 1 rings (SSSR count). The summed E-state index contributed by atoms with van der Waals surface area (Å²) in [6.45, 7) is 2.06. The Morgan fingerprint density at radius 2 is 2.06 bits per heavy atom. The number of benzene rings is 1. The average Bonchev–Trinajstić information content (AvgIpc) is 2.36. The first-order valence-electron chi connectivity index (χ1n) is 5.64. The van der Waals surface area contributed by atoms with Gasteiger partial charge in [0.25, 0.3) is 0 Å². The van der Waals surface area contributed by atoms with Crippen molar-refractivity contribution < 1.29 is 9.47 Å². The van der Waals surface area contributed by atoms with Crippen molar-refractivity contribution >= 4 is 15.9 Å². The molecule has 0 aliphatic carbocycles. The van der Waals surface area contributed by atoms with Gasteiger partial charge in [0, 0.05) is 17.6 Å². The fourth-order valence-electron chi connectivity index (χ4n) is 1.74. The van der Waals surface area contributed by atoms with E-state index in [1.54, 1.807) is 14.2 Å². The topological polar surface area (TPSA) is 30.5 Å². The van der Waals surface area contributed by atoms with Gasteiger partial charge in [0.1, 0.15) is 5.75 Å². The lowest BCUT2D eigenvalue weighted by Crippen LogP contribution is -2.38. The lowest BCUT2D eigenvalue weighted by atomic mass is 10.0. The van der Waals surface area contributed by atoms with Crippen molar-refractivity contribution in [3.05, 3.63) is 28.2 Å². The molecule has 0 amide bonds. The molecule has 0 bridgehead atoms. The molecule has 0 aliphatic heterocycles. The van der Waals surface area contributed by atoms with Crippen molar-refractivity contribution in [1.82, 2.24) is 5.32 Å². The van der Waals surface area contributed by atoms with E-state index < -0.39 is 0 Å². The highest BCUT2D eigenvalue weighted by Gasteiger charge is 2.16. The zero-order chi connectivity index (χ0) is 12.8. The quantitative estimate of drug-likeness (QED) is 0.876. The number of rotatable bonds is 6. The highest BCUT2D eigenvalue weighted by molar-refractivity contribution is 9.10.